The number of pyridine rings is 1. The van der Waals surface area contributed by atoms with Gasteiger partial charge in [-0.2, -0.15) is 0 Å². The summed E-state index contributed by atoms with van der Waals surface area (Å²) in [6.07, 6.45) is 4.72. The molecule has 32 heavy (non-hydrogen) atoms. The maximum absolute atomic E-state index is 11.2. The van der Waals surface area contributed by atoms with Gasteiger partial charge in [-0.3, -0.25) is 4.79 Å². The Morgan fingerprint density at radius 3 is 2.78 bits per heavy atom. The topological polar surface area (TPSA) is 80.0 Å². The number of aromatic nitrogens is 3. The minimum Gasteiger partial charge on any atom is -0.481 e. The summed E-state index contributed by atoms with van der Waals surface area (Å²) in [5, 5.41) is 14.0. The first kappa shape index (κ1) is 19.7. The second-order valence-corrected chi connectivity index (χ2v) is 10.4. The molecule has 0 unspecified atom stereocenters. The molecule has 4 aliphatic rings. The lowest BCUT2D eigenvalue weighted by atomic mass is 9.60. The second kappa shape index (κ2) is 6.54. The zero-order valence-electron chi connectivity index (χ0n) is 18.5. The van der Waals surface area contributed by atoms with Crippen molar-refractivity contribution in [2.45, 2.75) is 50.5 Å². The zero-order valence-corrected chi connectivity index (χ0v) is 18.5. The minimum atomic E-state index is -0.763. The van der Waals surface area contributed by atoms with Crippen LogP contribution in [0.5, 0.6) is 0 Å². The van der Waals surface area contributed by atoms with Gasteiger partial charge in [-0.05, 0) is 43.4 Å². The molecule has 0 radical (unpaired) electrons. The van der Waals surface area contributed by atoms with Gasteiger partial charge in [-0.25, -0.2) is 9.50 Å². The summed E-state index contributed by atoms with van der Waals surface area (Å²) in [5.41, 5.74) is 3.83. The molecule has 3 aliphatic heterocycles. The number of carboxylic acids is 1. The molecule has 2 bridgehead atoms. The van der Waals surface area contributed by atoms with Gasteiger partial charge >= 0.3 is 5.97 Å². The number of aliphatic carboxylic acids is 1. The molecule has 5 heterocycles. The van der Waals surface area contributed by atoms with Gasteiger partial charge in [0.1, 0.15) is 5.60 Å². The van der Waals surface area contributed by atoms with Crippen LogP contribution in [0.15, 0.2) is 42.6 Å². The van der Waals surface area contributed by atoms with Crippen LogP contribution >= 0.6 is 0 Å². The molecular weight excluding hydrogens is 404 g/mol. The van der Waals surface area contributed by atoms with Crippen molar-refractivity contribution in [2.24, 2.45) is 5.41 Å². The van der Waals surface area contributed by atoms with E-state index in [0.717, 1.165) is 36.4 Å². The summed E-state index contributed by atoms with van der Waals surface area (Å²) >= 11 is 0. The van der Waals surface area contributed by atoms with E-state index in [4.69, 9.17) is 14.8 Å². The molecule has 1 aromatic carbocycles. The summed E-state index contributed by atoms with van der Waals surface area (Å²) < 4.78 is 7.95. The third-order valence-corrected chi connectivity index (χ3v) is 7.82. The molecule has 3 saturated heterocycles. The molecule has 4 fully saturated rings. The van der Waals surface area contributed by atoms with Crippen LogP contribution in [0.2, 0.25) is 0 Å². The molecule has 7 nitrogen and oxygen atoms in total. The fourth-order valence-corrected chi connectivity index (χ4v) is 6.13. The van der Waals surface area contributed by atoms with Crippen molar-refractivity contribution in [3.63, 3.8) is 0 Å². The van der Waals surface area contributed by atoms with Gasteiger partial charge in [0.2, 0.25) is 0 Å². The normalized spacial score (nSPS) is 31.2. The Balaban J connectivity index is 1.28. The molecule has 0 amide bonds. The van der Waals surface area contributed by atoms with Crippen LogP contribution in [0, 0.1) is 12.3 Å². The summed E-state index contributed by atoms with van der Waals surface area (Å²) in [6, 6.07) is 13.0. The number of carbonyl (C=O) groups is 1. The van der Waals surface area contributed by atoms with Crippen molar-refractivity contribution in [3.05, 3.63) is 59.5 Å². The van der Waals surface area contributed by atoms with Gasteiger partial charge in [0, 0.05) is 23.9 Å². The maximum atomic E-state index is 11.2. The highest BCUT2D eigenvalue weighted by Crippen LogP contribution is 2.64. The monoisotopic (exact) mass is 432 g/mol. The minimum absolute atomic E-state index is 0.133. The number of aryl methyl sites for hydroxylation is 1. The van der Waals surface area contributed by atoms with E-state index in [1.807, 2.05) is 4.52 Å². The van der Waals surface area contributed by atoms with Crippen molar-refractivity contribution >= 4 is 17.3 Å². The highest BCUT2D eigenvalue weighted by Gasteiger charge is 2.65. The first-order chi connectivity index (χ1) is 15.3. The number of nitrogens with zero attached hydrogens (tertiary/aromatic N) is 4. The number of rotatable bonds is 5. The molecule has 166 valence electrons. The largest absolute Gasteiger partial charge is 0.481 e. The van der Waals surface area contributed by atoms with E-state index in [2.05, 4.69) is 61.3 Å². The summed E-state index contributed by atoms with van der Waals surface area (Å²) in [7, 11) is 0. The van der Waals surface area contributed by atoms with Crippen LogP contribution in [0.1, 0.15) is 49.6 Å². The third-order valence-electron chi connectivity index (χ3n) is 7.82. The van der Waals surface area contributed by atoms with Gasteiger partial charge < -0.3 is 14.7 Å². The summed E-state index contributed by atoms with van der Waals surface area (Å²) in [4.78, 5) is 18.5. The van der Waals surface area contributed by atoms with Gasteiger partial charge in [0.25, 0.3) is 0 Å². The average molecular weight is 433 g/mol. The van der Waals surface area contributed by atoms with E-state index in [1.54, 1.807) is 0 Å². The molecule has 1 aliphatic carbocycles. The van der Waals surface area contributed by atoms with Crippen LogP contribution < -0.4 is 4.90 Å². The fraction of sp³-hybridized carbons (Fsp3) is 0.480. The summed E-state index contributed by atoms with van der Waals surface area (Å²) in [6.45, 7) is 6.87. The van der Waals surface area contributed by atoms with Crippen LogP contribution in [0.25, 0.3) is 5.65 Å². The molecular formula is C25H28N4O3. The van der Waals surface area contributed by atoms with Crippen LogP contribution in [-0.2, 0) is 20.5 Å². The molecule has 2 aromatic heterocycles. The quantitative estimate of drug-likeness (QED) is 0.662. The van der Waals surface area contributed by atoms with E-state index in [0.29, 0.717) is 25.3 Å². The number of benzene rings is 1. The van der Waals surface area contributed by atoms with Crippen molar-refractivity contribution in [3.8, 4) is 0 Å². The molecule has 7 heteroatoms. The Morgan fingerprint density at radius 1 is 1.25 bits per heavy atom. The highest BCUT2D eigenvalue weighted by atomic mass is 16.5. The Morgan fingerprint density at radius 2 is 2.03 bits per heavy atom. The number of fused-ring (bicyclic) bond motifs is 2. The maximum Gasteiger partial charge on any atom is 0.303 e. The highest BCUT2D eigenvalue weighted by molar-refractivity contribution is 5.68. The summed E-state index contributed by atoms with van der Waals surface area (Å²) in [5.74, 6) is -0.0764. The number of hydrogen-bond donors (Lipinski definition) is 1. The van der Waals surface area contributed by atoms with E-state index in [-0.39, 0.29) is 17.3 Å². The lowest BCUT2D eigenvalue weighted by molar-refractivity contribution is -0.141. The van der Waals surface area contributed by atoms with Crippen molar-refractivity contribution < 1.29 is 14.6 Å². The smallest absolute Gasteiger partial charge is 0.303 e. The van der Waals surface area contributed by atoms with Crippen LogP contribution in [0.3, 0.4) is 0 Å². The standard InChI is InChI=1S/C25H28N4O3/c1-17-10-19(28-9-8-23(2,15-28)18-6-4-3-5-7-18)12-29-21(17)26-22(27-29)25-13-24(14-25,16-32-25)11-20(30)31/h3-7,10,12H,8-9,11,13-16H2,1-2H3,(H,30,31)/t23-,24?,25?/m0/s1. The molecule has 1 atom stereocenters. The first-order valence-corrected chi connectivity index (χ1v) is 11.3. The van der Waals surface area contributed by atoms with Gasteiger partial charge in [0.15, 0.2) is 11.5 Å². The van der Waals surface area contributed by atoms with Crippen LogP contribution in [0.4, 0.5) is 5.69 Å². The first-order valence-electron chi connectivity index (χ1n) is 11.3. The SMILES string of the molecule is Cc1cc(N2CC[C@](C)(c3ccccc3)C2)cn2nc(C34CC(CC(=O)O)(CO3)C4)nc12. The predicted octanol–water partition coefficient (Wildman–Crippen LogP) is 3.69. The molecule has 3 aromatic rings. The Hall–Kier alpha value is -2.93. The van der Waals surface area contributed by atoms with Crippen LogP contribution in [-0.4, -0.2) is 45.4 Å². The number of anilines is 1. The van der Waals surface area contributed by atoms with Crippen molar-refractivity contribution in [1.29, 1.82) is 0 Å². The van der Waals surface area contributed by atoms with E-state index >= 15 is 0 Å². The van der Waals surface area contributed by atoms with E-state index in [9.17, 15) is 9.90 Å². The average Bonchev–Trinajstić information content (AvgIpc) is 3.49. The Labute approximate surface area is 187 Å². The molecule has 1 N–H and O–H groups in total. The Kier molecular flexibility index (Phi) is 4.03. The lowest BCUT2D eigenvalue weighted by Crippen LogP contribution is -2.43. The van der Waals surface area contributed by atoms with Gasteiger partial charge in [-0.1, -0.05) is 37.3 Å². The number of ether oxygens (including phenoxy) is 1. The van der Waals surface area contributed by atoms with E-state index < -0.39 is 11.6 Å². The number of hydrogen-bond acceptors (Lipinski definition) is 5. The zero-order chi connectivity index (χ0) is 22.1. The third kappa shape index (κ3) is 2.87. The molecule has 0 spiro atoms. The van der Waals surface area contributed by atoms with Gasteiger partial charge in [-0.15, -0.1) is 5.10 Å². The molecule has 1 saturated carbocycles. The van der Waals surface area contributed by atoms with Crippen molar-refractivity contribution in [2.75, 3.05) is 24.6 Å². The van der Waals surface area contributed by atoms with Crippen molar-refractivity contribution in [1.82, 2.24) is 14.6 Å². The van der Waals surface area contributed by atoms with E-state index in [1.165, 1.54) is 5.56 Å². The Bertz CT molecular complexity index is 1210. The number of carboxylic acid groups (broad SMARTS) is 1. The lowest BCUT2D eigenvalue weighted by Gasteiger charge is -2.41. The predicted molar refractivity (Wildman–Crippen MR) is 120 cm³/mol. The fourth-order valence-electron chi connectivity index (χ4n) is 6.13. The van der Waals surface area contributed by atoms with Gasteiger partial charge in [0.05, 0.1) is 24.9 Å². The molecule has 7 rings (SSSR count). The second-order valence-electron chi connectivity index (χ2n) is 10.4.